The van der Waals surface area contributed by atoms with Crippen molar-refractivity contribution < 1.29 is 138 Å². The van der Waals surface area contributed by atoms with Crippen molar-refractivity contribution in [3.63, 3.8) is 0 Å². The van der Waals surface area contributed by atoms with Gasteiger partial charge in [-0.1, -0.05) is 0 Å². The second-order valence-corrected chi connectivity index (χ2v) is 16.9. The first-order chi connectivity index (χ1) is 32.1. The number of carboxylic acids is 2. The van der Waals surface area contributed by atoms with E-state index in [4.69, 9.17) is 33.2 Å². The Bertz CT molecular complexity index is 1800. The zero-order valence-electron chi connectivity index (χ0n) is 37.3. The summed E-state index contributed by atoms with van der Waals surface area (Å²) in [5, 5.41) is 158. The monoisotopic (exact) mass is 1010 g/mol. The molecule has 0 aliphatic carbocycles. The highest BCUT2D eigenvalue weighted by Crippen LogP contribution is 2.39. The van der Waals surface area contributed by atoms with Gasteiger partial charge in [-0.2, -0.15) is 0 Å². The molecule has 4 heterocycles. The van der Waals surface area contributed by atoms with Gasteiger partial charge in [0.2, 0.25) is 17.7 Å². The number of ether oxygens (including phenoxy) is 8. The number of amides is 3. The van der Waals surface area contributed by atoms with Crippen molar-refractivity contribution in [1.82, 2.24) is 16.0 Å². The summed E-state index contributed by atoms with van der Waals surface area (Å²) in [7, 11) is 0. The Morgan fingerprint density at radius 1 is 0.638 bits per heavy atom. The molecule has 31 nitrogen and oxygen atoms in total. The van der Waals surface area contributed by atoms with E-state index in [1.165, 1.54) is 0 Å². The van der Waals surface area contributed by atoms with E-state index < -0.39 is 209 Å². The zero-order chi connectivity index (χ0) is 52.0. The predicted octanol–water partition coefficient (Wildman–Crippen LogP) is -10.3. The lowest BCUT2D eigenvalue weighted by Gasteiger charge is -2.51. The summed E-state index contributed by atoms with van der Waals surface area (Å²) >= 11 is 0. The Morgan fingerprint density at radius 2 is 1.12 bits per heavy atom. The van der Waals surface area contributed by atoms with Gasteiger partial charge >= 0.3 is 17.9 Å². The number of hydrogen-bond acceptors (Lipinski definition) is 26. The van der Waals surface area contributed by atoms with Gasteiger partial charge in [0.25, 0.3) is 11.6 Å². The lowest BCUT2D eigenvalue weighted by atomic mass is 9.88. The lowest BCUT2D eigenvalue weighted by molar-refractivity contribution is -0.382. The number of carboxylic acid groups (broad SMARTS) is 2. The molecule has 396 valence electrons. The van der Waals surface area contributed by atoms with Crippen molar-refractivity contribution >= 4 is 35.6 Å². The van der Waals surface area contributed by atoms with Gasteiger partial charge in [0.1, 0.15) is 92.0 Å². The largest absolute Gasteiger partial charge is 0.477 e. The highest BCUT2D eigenvalue weighted by atomic mass is 16.8. The number of hydrogen-bond donors (Lipinski definition) is 17. The molecule has 0 saturated carbocycles. The predicted molar refractivity (Wildman–Crippen MR) is 213 cm³/mol. The van der Waals surface area contributed by atoms with E-state index in [-0.39, 0.29) is 0 Å². The third kappa shape index (κ3) is 13.3. The summed E-state index contributed by atoms with van der Waals surface area (Å²) < 4.78 is 44.0. The van der Waals surface area contributed by atoms with Crippen LogP contribution in [0.5, 0.6) is 0 Å². The van der Waals surface area contributed by atoms with Crippen LogP contribution in [0, 0.1) is 0 Å². The van der Waals surface area contributed by atoms with Crippen molar-refractivity contribution in [2.75, 3.05) is 26.4 Å². The maximum absolute atomic E-state index is 12.9. The molecule has 0 aromatic heterocycles. The highest BCUT2D eigenvalue weighted by molar-refractivity contribution is 5.77. The van der Waals surface area contributed by atoms with Crippen LogP contribution in [0.2, 0.25) is 0 Å². The fraction of sp³-hybridized carbons (Fsp3) is 0.842. The molecule has 4 aliphatic rings. The summed E-state index contributed by atoms with van der Waals surface area (Å²) in [5.74, 6) is -13.7. The first-order valence-electron chi connectivity index (χ1n) is 21.2. The van der Waals surface area contributed by atoms with E-state index in [2.05, 4.69) is 20.7 Å². The summed E-state index contributed by atoms with van der Waals surface area (Å²) in [6, 6.07) is -5.13. The average molecular weight is 1010 g/mol. The molecule has 0 aromatic rings. The molecule has 0 bridgehead atoms. The van der Waals surface area contributed by atoms with E-state index in [9.17, 15) is 100 Å². The van der Waals surface area contributed by atoms with Crippen molar-refractivity contribution in [2.45, 2.75) is 174 Å². The van der Waals surface area contributed by atoms with Gasteiger partial charge < -0.3 is 125 Å². The lowest BCUT2D eigenvalue weighted by Crippen LogP contribution is -2.71. The average Bonchev–Trinajstić information content (AvgIpc) is 3.27. The fourth-order valence-electron chi connectivity index (χ4n) is 8.24. The van der Waals surface area contributed by atoms with Crippen LogP contribution in [0.3, 0.4) is 0 Å². The summed E-state index contributed by atoms with van der Waals surface area (Å²) in [6.07, 6.45) is -38.3. The number of aliphatic carboxylic acids is 2. The smallest absolute Gasteiger partial charge is 0.364 e. The molecule has 1 unspecified atom stereocenters. The molecular weight excluding hydrogens is 946 g/mol. The quantitative estimate of drug-likeness (QED) is 0.0504. The molecule has 69 heavy (non-hydrogen) atoms. The third-order valence-corrected chi connectivity index (χ3v) is 11.6. The van der Waals surface area contributed by atoms with Crippen LogP contribution in [0.15, 0.2) is 0 Å². The normalized spacial score (nSPS) is 40.0. The number of carbonyl (C=O) groups excluding carboxylic acids is 4. The van der Waals surface area contributed by atoms with E-state index in [0.717, 1.165) is 27.7 Å². The SMILES string of the molecule is CC(=O)N[C@H]1[C@H]([C@H](O)[C@H](O)COC(C)=O)O[C@@](OC[C@H]2OC(O)[C@H](NC(C)=O)[C@@H](O[C@@H]3O[C@H](CO)[C@H](O)[C@H](O[C@]4(C(=O)O)C[C@H](O)[C@@H](NC(C)=O)[C@H]([C@H](O)[C@H](O)CO)O4)[C@H]3O)[C@H]2O)(C(=O)O)C[C@@H]1O. The summed E-state index contributed by atoms with van der Waals surface area (Å²) in [6.45, 7) is -0.369. The number of esters is 1. The van der Waals surface area contributed by atoms with Gasteiger partial charge in [0, 0.05) is 40.5 Å². The topological polar surface area (TPSA) is 496 Å². The van der Waals surface area contributed by atoms with Crippen LogP contribution in [0.4, 0.5) is 0 Å². The third-order valence-electron chi connectivity index (χ3n) is 11.6. The van der Waals surface area contributed by atoms with Crippen LogP contribution in [-0.4, -0.2) is 267 Å². The Kier molecular flexibility index (Phi) is 20.0. The van der Waals surface area contributed by atoms with Crippen LogP contribution >= 0.6 is 0 Å². The van der Waals surface area contributed by atoms with E-state index >= 15 is 0 Å². The van der Waals surface area contributed by atoms with Crippen LogP contribution < -0.4 is 16.0 Å². The fourth-order valence-corrected chi connectivity index (χ4v) is 8.24. The Balaban J connectivity index is 1.66. The second-order valence-electron chi connectivity index (χ2n) is 16.9. The van der Waals surface area contributed by atoms with Crippen LogP contribution in [0.1, 0.15) is 40.5 Å². The maximum Gasteiger partial charge on any atom is 0.364 e. The van der Waals surface area contributed by atoms with E-state index in [0.29, 0.717) is 0 Å². The molecule has 17 N–H and O–H groups in total. The Morgan fingerprint density at radius 3 is 1.59 bits per heavy atom. The minimum absolute atomic E-state index is 0.807. The van der Waals surface area contributed by atoms with Crippen molar-refractivity contribution in [3.8, 4) is 0 Å². The molecule has 4 fully saturated rings. The zero-order valence-corrected chi connectivity index (χ0v) is 37.3. The molecule has 0 radical (unpaired) electrons. The van der Waals surface area contributed by atoms with E-state index in [1.807, 2.05) is 0 Å². The summed E-state index contributed by atoms with van der Waals surface area (Å²) in [5.41, 5.74) is 0. The molecule has 4 rings (SSSR count). The molecular formula is C38H61N3O28. The molecule has 0 aromatic carbocycles. The standard InChI is InChI=1S/C38H61N3O28/c1-11(44)39-21-15(48)5-37(35(58)59,67-31(21)25(53)18(51)9-62-14(4)47)63-10-20-27(55)29(23(33(57)64-20)41-13(3)46)66-34-28(56)32(26(54)19(8-43)65-34)69-38(36(60)61)6-16(49)22(40-12(2)45)30(68-38)24(52)17(50)7-42/h15-34,42-43,48-57H,5-10H2,1-4H3,(H,39,44)(H,40,45)(H,41,46)(H,58,59)(H,60,61)/t15-,16-,17+,18+,19+,20+,21+,22+,23+,24+,25+,26-,27-,28+,29+,30+,31+,32-,33?,34-,37+,38-/m0/s1. The molecule has 4 aliphatic heterocycles. The number of aliphatic hydroxyl groups excluding tert-OH is 12. The number of rotatable bonds is 20. The van der Waals surface area contributed by atoms with Gasteiger partial charge in [0.15, 0.2) is 12.6 Å². The second kappa shape index (κ2) is 24.0. The minimum atomic E-state index is -3.20. The van der Waals surface area contributed by atoms with Crippen LogP contribution in [0.25, 0.3) is 0 Å². The van der Waals surface area contributed by atoms with Gasteiger partial charge in [-0.05, 0) is 0 Å². The molecule has 0 spiro atoms. The van der Waals surface area contributed by atoms with Crippen molar-refractivity contribution in [2.24, 2.45) is 0 Å². The van der Waals surface area contributed by atoms with Crippen molar-refractivity contribution in [3.05, 3.63) is 0 Å². The molecule has 22 atom stereocenters. The Labute approximate surface area is 390 Å². The highest BCUT2D eigenvalue weighted by Gasteiger charge is 2.61. The van der Waals surface area contributed by atoms with Gasteiger partial charge in [0.05, 0.1) is 44.1 Å². The number of aliphatic hydroxyl groups is 12. The van der Waals surface area contributed by atoms with Crippen molar-refractivity contribution in [1.29, 1.82) is 0 Å². The first kappa shape index (κ1) is 57.6. The minimum Gasteiger partial charge on any atom is -0.477 e. The number of carbonyl (C=O) groups is 6. The summed E-state index contributed by atoms with van der Waals surface area (Å²) in [4.78, 5) is 73.5. The molecule has 31 heteroatoms. The molecule has 4 saturated heterocycles. The van der Waals surface area contributed by atoms with Gasteiger partial charge in [-0.25, -0.2) is 9.59 Å². The van der Waals surface area contributed by atoms with E-state index in [1.54, 1.807) is 0 Å². The van der Waals surface area contributed by atoms with Gasteiger partial charge in [-0.15, -0.1) is 0 Å². The molecule has 3 amide bonds. The van der Waals surface area contributed by atoms with Gasteiger partial charge in [-0.3, -0.25) is 19.2 Å². The van der Waals surface area contributed by atoms with Crippen LogP contribution in [-0.2, 0) is 66.7 Å². The number of nitrogens with one attached hydrogen (secondary N) is 3. The first-order valence-corrected chi connectivity index (χ1v) is 21.2. The Hall–Kier alpha value is -3.94. The maximum atomic E-state index is 12.9.